The van der Waals surface area contributed by atoms with Gasteiger partial charge in [0.05, 0.1) is 10.5 Å². The summed E-state index contributed by atoms with van der Waals surface area (Å²) >= 11 is 0. The predicted molar refractivity (Wildman–Crippen MR) is 77.4 cm³/mol. The summed E-state index contributed by atoms with van der Waals surface area (Å²) in [6.45, 7) is 4.07. The van der Waals surface area contributed by atoms with Crippen molar-refractivity contribution >= 4 is 10.0 Å². The van der Waals surface area contributed by atoms with Crippen molar-refractivity contribution in [3.8, 4) is 6.07 Å². The first-order valence-corrected chi connectivity index (χ1v) is 8.55. The Morgan fingerprint density at radius 2 is 1.90 bits per heavy atom. The van der Waals surface area contributed by atoms with Crippen LogP contribution in [0.25, 0.3) is 0 Å². The molecule has 1 aromatic rings. The average Bonchev–Trinajstić information content (AvgIpc) is 2.43. The molecule has 0 radical (unpaired) electrons. The van der Waals surface area contributed by atoms with Gasteiger partial charge in [-0.3, -0.25) is 0 Å². The zero-order valence-corrected chi connectivity index (χ0v) is 13.0. The van der Waals surface area contributed by atoms with Crippen LogP contribution in [0.15, 0.2) is 23.1 Å². The van der Waals surface area contributed by atoms with Gasteiger partial charge in [-0.1, -0.05) is 20.3 Å². The van der Waals surface area contributed by atoms with Crippen molar-refractivity contribution in [2.45, 2.75) is 44.0 Å². The van der Waals surface area contributed by atoms with Crippen LogP contribution >= 0.6 is 0 Å². The summed E-state index contributed by atoms with van der Waals surface area (Å²) in [5, 5.41) is 8.81. The van der Waals surface area contributed by atoms with Crippen molar-refractivity contribution in [2.75, 3.05) is 0 Å². The SMILES string of the molecule is C[C@H]1CCC[C@H](C)C1NS(=O)(=O)c1ccc(F)c(C#N)c1. The minimum Gasteiger partial charge on any atom is -0.208 e. The third-order valence-corrected chi connectivity index (χ3v) is 5.66. The molecule has 1 aliphatic carbocycles. The number of sulfonamides is 1. The first-order valence-electron chi connectivity index (χ1n) is 7.07. The van der Waals surface area contributed by atoms with E-state index in [0.29, 0.717) is 0 Å². The van der Waals surface area contributed by atoms with Crippen LogP contribution < -0.4 is 4.72 Å². The molecule has 0 unspecified atom stereocenters. The monoisotopic (exact) mass is 310 g/mol. The van der Waals surface area contributed by atoms with Gasteiger partial charge in [0.25, 0.3) is 0 Å². The smallest absolute Gasteiger partial charge is 0.208 e. The number of nitrogens with zero attached hydrogens (tertiary/aromatic N) is 1. The summed E-state index contributed by atoms with van der Waals surface area (Å²) in [4.78, 5) is -0.0644. The van der Waals surface area contributed by atoms with E-state index >= 15 is 0 Å². The highest BCUT2D eigenvalue weighted by Crippen LogP contribution is 2.30. The summed E-state index contributed by atoms with van der Waals surface area (Å²) in [5.74, 6) is -0.185. The third-order valence-electron chi connectivity index (χ3n) is 4.20. The summed E-state index contributed by atoms with van der Waals surface area (Å²) in [6.07, 6.45) is 3.09. The predicted octanol–water partition coefficient (Wildman–Crippen LogP) is 2.80. The molecule has 1 aliphatic rings. The zero-order valence-electron chi connectivity index (χ0n) is 12.1. The Kier molecular flexibility index (Phi) is 4.64. The van der Waals surface area contributed by atoms with Gasteiger partial charge in [0.15, 0.2) is 0 Å². The molecule has 2 atom stereocenters. The van der Waals surface area contributed by atoms with Crippen molar-refractivity contribution in [3.05, 3.63) is 29.6 Å². The molecule has 1 saturated carbocycles. The maximum Gasteiger partial charge on any atom is 0.240 e. The van der Waals surface area contributed by atoms with E-state index in [2.05, 4.69) is 4.72 Å². The Bertz CT molecular complexity index is 657. The van der Waals surface area contributed by atoms with Crippen LogP contribution in [0.5, 0.6) is 0 Å². The lowest BCUT2D eigenvalue weighted by molar-refractivity contribution is 0.234. The maximum absolute atomic E-state index is 13.3. The van der Waals surface area contributed by atoms with E-state index in [1.165, 1.54) is 6.07 Å². The fourth-order valence-electron chi connectivity index (χ4n) is 2.92. The highest BCUT2D eigenvalue weighted by atomic mass is 32.2. The molecule has 0 aliphatic heterocycles. The van der Waals surface area contributed by atoms with Crippen LogP contribution in [-0.4, -0.2) is 14.5 Å². The Labute approximate surface area is 125 Å². The summed E-state index contributed by atoms with van der Waals surface area (Å²) in [7, 11) is -3.74. The molecule has 0 aromatic heterocycles. The molecule has 0 amide bonds. The van der Waals surface area contributed by atoms with Gasteiger partial charge in [-0.25, -0.2) is 17.5 Å². The van der Waals surface area contributed by atoms with Crippen molar-refractivity contribution < 1.29 is 12.8 Å². The molecular formula is C15H19FN2O2S. The highest BCUT2D eigenvalue weighted by molar-refractivity contribution is 7.89. The molecule has 2 rings (SSSR count). The number of hydrogen-bond donors (Lipinski definition) is 1. The molecule has 0 saturated heterocycles. The Morgan fingerprint density at radius 3 is 2.48 bits per heavy atom. The fraction of sp³-hybridized carbons (Fsp3) is 0.533. The summed E-state index contributed by atoms with van der Waals surface area (Å²) < 4.78 is 40.9. The minimum absolute atomic E-state index is 0.0644. The molecule has 0 bridgehead atoms. The molecule has 6 heteroatoms. The topological polar surface area (TPSA) is 70.0 Å². The lowest BCUT2D eigenvalue weighted by atomic mass is 9.79. The lowest BCUT2D eigenvalue weighted by Crippen LogP contribution is -2.45. The van der Waals surface area contributed by atoms with Gasteiger partial charge < -0.3 is 0 Å². The number of benzene rings is 1. The van der Waals surface area contributed by atoms with Gasteiger partial charge in [-0.05, 0) is 42.9 Å². The van der Waals surface area contributed by atoms with Crippen LogP contribution in [0, 0.1) is 29.0 Å². The van der Waals surface area contributed by atoms with Crippen LogP contribution in [-0.2, 0) is 10.0 Å². The molecule has 0 spiro atoms. The third kappa shape index (κ3) is 3.42. The minimum atomic E-state index is -3.74. The zero-order chi connectivity index (χ0) is 15.6. The quantitative estimate of drug-likeness (QED) is 0.933. The molecule has 1 aromatic carbocycles. The molecule has 4 nitrogen and oxygen atoms in total. The second-order valence-corrected chi connectivity index (χ2v) is 7.50. The first-order chi connectivity index (χ1) is 9.85. The fourth-order valence-corrected chi connectivity index (χ4v) is 4.40. The molecule has 1 N–H and O–H groups in total. The van der Waals surface area contributed by atoms with Crippen molar-refractivity contribution in [1.82, 2.24) is 4.72 Å². The van der Waals surface area contributed by atoms with Crippen LogP contribution in [0.3, 0.4) is 0 Å². The Hall–Kier alpha value is -1.45. The molecular weight excluding hydrogens is 291 g/mol. The van der Waals surface area contributed by atoms with Gasteiger partial charge in [0, 0.05) is 6.04 Å². The van der Waals surface area contributed by atoms with Crippen molar-refractivity contribution in [3.63, 3.8) is 0 Å². The van der Waals surface area contributed by atoms with Gasteiger partial charge in [-0.15, -0.1) is 0 Å². The molecule has 21 heavy (non-hydrogen) atoms. The molecule has 0 heterocycles. The van der Waals surface area contributed by atoms with Gasteiger partial charge in [-0.2, -0.15) is 5.26 Å². The van der Waals surface area contributed by atoms with E-state index in [1.54, 1.807) is 6.07 Å². The standard InChI is InChI=1S/C15H19FN2O2S/c1-10-4-3-5-11(2)15(10)18-21(19,20)13-6-7-14(16)12(8-13)9-17/h6-8,10-11,15,18H,3-5H2,1-2H3/t10-,11-/m0/s1. The van der Waals surface area contributed by atoms with E-state index in [-0.39, 0.29) is 28.3 Å². The van der Waals surface area contributed by atoms with E-state index in [9.17, 15) is 12.8 Å². The van der Waals surface area contributed by atoms with Crippen LogP contribution in [0.4, 0.5) is 4.39 Å². The first kappa shape index (κ1) is 15.9. The lowest BCUT2D eigenvalue weighted by Gasteiger charge is -2.34. The van der Waals surface area contributed by atoms with Crippen molar-refractivity contribution in [1.29, 1.82) is 5.26 Å². The summed E-state index contributed by atoms with van der Waals surface area (Å²) in [5.41, 5.74) is -0.261. The van der Waals surface area contributed by atoms with E-state index in [1.807, 2.05) is 13.8 Å². The van der Waals surface area contributed by atoms with E-state index in [0.717, 1.165) is 31.4 Å². The molecule has 1 fully saturated rings. The van der Waals surface area contributed by atoms with Crippen molar-refractivity contribution in [2.24, 2.45) is 11.8 Å². The second kappa shape index (κ2) is 6.12. The number of hydrogen-bond acceptors (Lipinski definition) is 3. The van der Waals surface area contributed by atoms with E-state index in [4.69, 9.17) is 5.26 Å². The Morgan fingerprint density at radius 1 is 1.29 bits per heavy atom. The molecule has 114 valence electrons. The number of nitrogens with one attached hydrogen (secondary N) is 1. The van der Waals surface area contributed by atoms with E-state index < -0.39 is 15.8 Å². The van der Waals surface area contributed by atoms with Gasteiger partial charge in [0.2, 0.25) is 10.0 Å². The van der Waals surface area contributed by atoms with Gasteiger partial charge >= 0.3 is 0 Å². The van der Waals surface area contributed by atoms with Crippen LogP contribution in [0.2, 0.25) is 0 Å². The highest BCUT2D eigenvalue weighted by Gasteiger charge is 2.31. The number of nitriles is 1. The van der Waals surface area contributed by atoms with Gasteiger partial charge in [0.1, 0.15) is 11.9 Å². The maximum atomic E-state index is 13.3. The summed E-state index contributed by atoms with van der Waals surface area (Å²) in [6, 6.07) is 4.82. The second-order valence-electron chi connectivity index (χ2n) is 5.79. The van der Waals surface area contributed by atoms with Crippen LogP contribution in [0.1, 0.15) is 38.7 Å². The Balaban J connectivity index is 2.28. The average molecular weight is 310 g/mol. The number of halogens is 1. The number of rotatable bonds is 3. The largest absolute Gasteiger partial charge is 0.240 e. The normalized spacial score (nSPS) is 23.7.